The molecule has 1 aliphatic rings. The minimum absolute atomic E-state index is 0.102. The van der Waals surface area contributed by atoms with Crippen LogP contribution in [0.5, 0.6) is 5.75 Å². The van der Waals surface area contributed by atoms with E-state index in [2.05, 4.69) is 5.10 Å². The second-order valence-electron chi connectivity index (χ2n) is 6.72. The summed E-state index contributed by atoms with van der Waals surface area (Å²) < 4.78 is 68.9. The third-order valence-corrected chi connectivity index (χ3v) is 5.49. The van der Waals surface area contributed by atoms with Crippen molar-refractivity contribution in [1.29, 1.82) is 0 Å². The van der Waals surface area contributed by atoms with Gasteiger partial charge in [0.15, 0.2) is 0 Å². The second kappa shape index (κ2) is 6.89. The molecular weight excluding hydrogens is 407 g/mol. The Hall–Kier alpha value is -2.85. The van der Waals surface area contributed by atoms with Crippen LogP contribution in [0, 0.1) is 0 Å². The maximum Gasteiger partial charge on any atom is 0.394 e. The minimum atomic E-state index is -4.41. The Balaban J connectivity index is 1.74. The van der Waals surface area contributed by atoms with Crippen molar-refractivity contribution in [2.24, 2.45) is 5.14 Å². The topological polar surface area (TPSA) is 87.2 Å². The van der Waals surface area contributed by atoms with Crippen molar-refractivity contribution in [3.63, 3.8) is 0 Å². The number of fused-ring (bicyclic) bond motifs is 1. The van der Waals surface area contributed by atoms with Gasteiger partial charge < -0.3 is 4.74 Å². The summed E-state index contributed by atoms with van der Waals surface area (Å²) in [4.78, 5) is -0.102. The predicted octanol–water partition coefficient (Wildman–Crippen LogP) is 3.30. The third-order valence-electron chi connectivity index (χ3n) is 4.56. The van der Waals surface area contributed by atoms with Gasteiger partial charge >= 0.3 is 6.18 Å². The van der Waals surface area contributed by atoms with E-state index in [-0.39, 0.29) is 10.6 Å². The fraction of sp³-hybridized carbons (Fsp3) is 0.211. The zero-order valence-corrected chi connectivity index (χ0v) is 15.7. The Morgan fingerprint density at radius 1 is 1.14 bits per heavy atom. The van der Waals surface area contributed by atoms with Crippen LogP contribution in [-0.2, 0) is 22.9 Å². The van der Waals surface area contributed by atoms with E-state index in [9.17, 15) is 21.6 Å². The fourth-order valence-corrected chi connectivity index (χ4v) is 3.81. The van der Waals surface area contributed by atoms with E-state index in [0.29, 0.717) is 23.6 Å². The van der Waals surface area contributed by atoms with E-state index < -0.39 is 28.7 Å². The highest BCUT2D eigenvalue weighted by atomic mass is 32.2. The van der Waals surface area contributed by atoms with Gasteiger partial charge in [0.1, 0.15) is 11.9 Å². The highest BCUT2D eigenvalue weighted by molar-refractivity contribution is 7.89. The molecule has 2 heterocycles. The van der Waals surface area contributed by atoms with Crippen LogP contribution >= 0.6 is 0 Å². The van der Waals surface area contributed by atoms with Gasteiger partial charge in [0.2, 0.25) is 10.0 Å². The molecule has 0 saturated heterocycles. The summed E-state index contributed by atoms with van der Waals surface area (Å²) in [6.07, 6.45) is -5.61. The van der Waals surface area contributed by atoms with Crippen molar-refractivity contribution in [1.82, 2.24) is 9.78 Å². The monoisotopic (exact) mass is 423 g/mol. The van der Waals surface area contributed by atoms with Gasteiger partial charge in [-0.15, -0.1) is 0 Å². The lowest BCUT2D eigenvalue weighted by Crippen LogP contribution is -2.14. The highest BCUT2D eigenvalue weighted by Gasteiger charge is 2.33. The zero-order chi connectivity index (χ0) is 20.8. The van der Waals surface area contributed by atoms with Crippen LogP contribution in [0.1, 0.15) is 23.1 Å². The van der Waals surface area contributed by atoms with Crippen LogP contribution in [0.25, 0.3) is 5.69 Å². The second-order valence-corrected chi connectivity index (χ2v) is 8.28. The summed E-state index contributed by atoms with van der Waals surface area (Å²) in [6, 6.07) is 14.2. The van der Waals surface area contributed by atoms with Gasteiger partial charge in [-0.3, -0.25) is 0 Å². The Kier molecular flexibility index (Phi) is 4.62. The summed E-state index contributed by atoms with van der Waals surface area (Å²) in [5.41, 5.74) is 1.65. The van der Waals surface area contributed by atoms with Crippen LogP contribution in [0.4, 0.5) is 13.2 Å². The van der Waals surface area contributed by atoms with Crippen LogP contribution in [0.3, 0.4) is 0 Å². The van der Waals surface area contributed by atoms with E-state index in [0.717, 1.165) is 5.56 Å². The standard InChI is InChI=1S/C19H16F3N3O3S/c20-19(21,22)11-13-10-16(18-9-12-3-1-2-4-17(12)28-18)25(24-13)14-5-7-15(8-6-14)29(23,26)27/h1-8,10,18H,9,11H2,(H2,23,26,27). The lowest BCUT2D eigenvalue weighted by Gasteiger charge is -2.14. The van der Waals surface area contributed by atoms with E-state index in [1.165, 1.54) is 35.0 Å². The van der Waals surface area contributed by atoms with Gasteiger partial charge in [-0.2, -0.15) is 18.3 Å². The molecule has 0 bridgehead atoms. The molecule has 2 N–H and O–H groups in total. The summed E-state index contributed by atoms with van der Waals surface area (Å²) >= 11 is 0. The number of halogens is 3. The van der Waals surface area contributed by atoms with Crippen LogP contribution < -0.4 is 9.88 Å². The Bertz CT molecular complexity index is 1130. The normalized spacial score (nSPS) is 16.5. The molecule has 1 atom stereocenters. The Morgan fingerprint density at radius 3 is 2.45 bits per heavy atom. The molecule has 0 aliphatic carbocycles. The lowest BCUT2D eigenvalue weighted by atomic mass is 10.1. The molecule has 6 nitrogen and oxygen atoms in total. The maximum atomic E-state index is 12.9. The average molecular weight is 423 g/mol. The molecule has 0 saturated carbocycles. The molecule has 0 radical (unpaired) electrons. The summed E-state index contributed by atoms with van der Waals surface area (Å²) in [5, 5.41) is 9.20. The number of primary sulfonamides is 1. The molecule has 3 aromatic rings. The molecule has 0 spiro atoms. The van der Waals surface area contributed by atoms with E-state index >= 15 is 0 Å². The van der Waals surface area contributed by atoms with Gasteiger partial charge in [-0.05, 0) is 42.0 Å². The number of para-hydroxylation sites is 1. The van der Waals surface area contributed by atoms with Gasteiger partial charge in [0.25, 0.3) is 0 Å². The van der Waals surface area contributed by atoms with Crippen molar-refractivity contribution < 1.29 is 26.3 Å². The van der Waals surface area contributed by atoms with Crippen LogP contribution in [0.2, 0.25) is 0 Å². The summed E-state index contributed by atoms with van der Waals surface area (Å²) in [5.74, 6) is 0.673. The Labute approximate surface area is 164 Å². The summed E-state index contributed by atoms with van der Waals surface area (Å²) in [7, 11) is -3.89. The van der Waals surface area contributed by atoms with Crippen molar-refractivity contribution in [2.75, 3.05) is 0 Å². The number of hydrogen-bond donors (Lipinski definition) is 1. The SMILES string of the molecule is NS(=O)(=O)c1ccc(-n2nc(CC(F)(F)F)cc2C2Cc3ccccc3O2)cc1. The highest BCUT2D eigenvalue weighted by Crippen LogP contribution is 2.37. The number of aromatic nitrogens is 2. The first-order chi connectivity index (χ1) is 13.6. The third kappa shape index (κ3) is 4.13. The first-order valence-electron chi connectivity index (χ1n) is 8.63. The smallest absolute Gasteiger partial charge is 0.394 e. The van der Waals surface area contributed by atoms with E-state index in [4.69, 9.17) is 9.88 Å². The maximum absolute atomic E-state index is 12.9. The van der Waals surface area contributed by atoms with Gasteiger partial charge in [0.05, 0.1) is 28.4 Å². The minimum Gasteiger partial charge on any atom is -0.483 e. The molecule has 1 unspecified atom stereocenters. The number of ether oxygens (including phenoxy) is 1. The van der Waals surface area contributed by atoms with Gasteiger partial charge in [-0.1, -0.05) is 18.2 Å². The predicted molar refractivity (Wildman–Crippen MR) is 98.2 cm³/mol. The van der Waals surface area contributed by atoms with Crippen molar-refractivity contribution in [3.05, 3.63) is 71.5 Å². The number of alkyl halides is 3. The summed E-state index contributed by atoms with van der Waals surface area (Å²) in [6.45, 7) is 0. The number of hydrogen-bond acceptors (Lipinski definition) is 4. The van der Waals surface area contributed by atoms with Gasteiger partial charge in [-0.25, -0.2) is 18.2 Å². The number of rotatable bonds is 4. The molecule has 0 fully saturated rings. The molecule has 2 aromatic carbocycles. The quantitative estimate of drug-likeness (QED) is 0.698. The first kappa shape index (κ1) is 19.5. The Morgan fingerprint density at radius 2 is 1.83 bits per heavy atom. The van der Waals surface area contributed by atoms with Crippen LogP contribution in [0.15, 0.2) is 59.5 Å². The lowest BCUT2D eigenvalue weighted by molar-refractivity contribution is -0.127. The van der Waals surface area contributed by atoms with Gasteiger partial charge in [0, 0.05) is 6.42 Å². The number of benzene rings is 2. The molecule has 0 amide bonds. The largest absolute Gasteiger partial charge is 0.483 e. The van der Waals surface area contributed by atoms with E-state index in [1.807, 2.05) is 18.2 Å². The first-order valence-corrected chi connectivity index (χ1v) is 10.2. The number of nitrogens with zero attached hydrogens (tertiary/aromatic N) is 2. The van der Waals surface area contributed by atoms with Crippen molar-refractivity contribution in [3.8, 4) is 11.4 Å². The number of sulfonamides is 1. The number of nitrogens with two attached hydrogens (primary N) is 1. The van der Waals surface area contributed by atoms with Crippen molar-refractivity contribution >= 4 is 10.0 Å². The van der Waals surface area contributed by atoms with E-state index in [1.54, 1.807) is 6.07 Å². The van der Waals surface area contributed by atoms with Crippen LogP contribution in [-0.4, -0.2) is 24.4 Å². The fourth-order valence-electron chi connectivity index (χ4n) is 3.30. The molecule has 29 heavy (non-hydrogen) atoms. The average Bonchev–Trinajstić information content (AvgIpc) is 3.23. The molecule has 4 rings (SSSR count). The molecule has 1 aromatic heterocycles. The molecule has 152 valence electrons. The van der Waals surface area contributed by atoms with Crippen molar-refractivity contribution in [2.45, 2.75) is 30.0 Å². The molecule has 10 heteroatoms. The molecular formula is C19H16F3N3O3S. The molecule has 1 aliphatic heterocycles. The zero-order valence-electron chi connectivity index (χ0n) is 14.9.